The first-order chi connectivity index (χ1) is 15.6. The van der Waals surface area contributed by atoms with Crippen molar-refractivity contribution in [2.75, 3.05) is 6.54 Å². The molecule has 0 spiro atoms. The molecule has 0 aliphatic rings. The molecule has 4 rings (SSSR count). The summed E-state index contributed by atoms with van der Waals surface area (Å²) in [5.41, 5.74) is 4.40. The van der Waals surface area contributed by atoms with Crippen LogP contribution in [0.2, 0.25) is 0 Å². The molecule has 0 radical (unpaired) electrons. The van der Waals surface area contributed by atoms with Crippen LogP contribution in [0.1, 0.15) is 49.9 Å². The summed E-state index contributed by atoms with van der Waals surface area (Å²) in [6.07, 6.45) is 3.34. The molecule has 1 N–H and O–H groups in total. The van der Waals surface area contributed by atoms with E-state index >= 15 is 0 Å². The summed E-state index contributed by atoms with van der Waals surface area (Å²) < 4.78 is 2.64. The highest BCUT2D eigenvalue weighted by molar-refractivity contribution is 7.98. The Bertz CT molecular complexity index is 1250. The Morgan fingerprint density at radius 2 is 1.94 bits per heavy atom. The number of hydrogen-bond donors (Lipinski definition) is 1. The number of aryl methyl sites for hydroxylation is 1. The van der Waals surface area contributed by atoms with E-state index < -0.39 is 0 Å². The number of aromatic amines is 1. The summed E-state index contributed by atoms with van der Waals surface area (Å²) in [7, 11) is 0. The fourth-order valence-electron chi connectivity index (χ4n) is 3.53. The highest BCUT2D eigenvalue weighted by atomic mass is 32.2. The molecule has 0 amide bonds. The third-order valence-corrected chi connectivity index (χ3v) is 7.38. The van der Waals surface area contributed by atoms with Crippen molar-refractivity contribution in [3.05, 3.63) is 75.7 Å². The van der Waals surface area contributed by atoms with Crippen molar-refractivity contribution < 1.29 is 0 Å². The lowest BCUT2D eigenvalue weighted by Gasteiger charge is -2.04. The standard InChI is InChI=1S/C25H28N4OS2/c1-4-5-8-15-26-18(3)23-21(16-31-19-13-11-17(2)12-14-19)28-29(24(23)30)25-27-20-9-6-7-10-22(20)32-25/h6-7,9-14,28H,4-5,8,15-16H2,1-3H3. The van der Waals surface area contributed by atoms with Crippen LogP contribution in [0.25, 0.3) is 15.3 Å². The molecular formula is C25H28N4OS2. The topological polar surface area (TPSA) is 63.0 Å². The third kappa shape index (κ3) is 5.05. The zero-order valence-electron chi connectivity index (χ0n) is 18.7. The SMILES string of the molecule is CCCCCN=C(C)c1c(CSc2ccc(C)cc2)[nH]n(-c2nc3ccccc3s2)c1=O. The van der Waals surface area contributed by atoms with E-state index in [9.17, 15) is 4.79 Å². The van der Waals surface area contributed by atoms with E-state index in [1.165, 1.54) is 21.8 Å². The average Bonchev–Trinajstić information content (AvgIpc) is 3.37. The minimum atomic E-state index is -0.0831. The van der Waals surface area contributed by atoms with Crippen molar-refractivity contribution in [3.8, 4) is 5.13 Å². The second-order valence-corrected chi connectivity index (χ2v) is 9.90. The third-order valence-electron chi connectivity index (χ3n) is 5.32. The van der Waals surface area contributed by atoms with E-state index in [1.807, 2.05) is 31.2 Å². The summed E-state index contributed by atoms with van der Waals surface area (Å²) >= 11 is 3.23. The lowest BCUT2D eigenvalue weighted by atomic mass is 10.1. The zero-order chi connectivity index (χ0) is 22.5. The van der Waals surface area contributed by atoms with Crippen molar-refractivity contribution in [3.63, 3.8) is 0 Å². The lowest BCUT2D eigenvalue weighted by molar-refractivity contribution is 0.728. The van der Waals surface area contributed by atoms with Crippen LogP contribution in [0.5, 0.6) is 0 Å². The Morgan fingerprint density at radius 1 is 1.16 bits per heavy atom. The van der Waals surface area contributed by atoms with Gasteiger partial charge in [0.2, 0.25) is 5.13 Å². The summed E-state index contributed by atoms with van der Waals surface area (Å²) in [5, 5.41) is 4.00. The minimum absolute atomic E-state index is 0.0831. The maximum atomic E-state index is 13.5. The number of thiazole rings is 1. The maximum absolute atomic E-state index is 13.5. The molecule has 32 heavy (non-hydrogen) atoms. The van der Waals surface area contributed by atoms with Gasteiger partial charge in [-0.15, -0.1) is 11.8 Å². The quantitative estimate of drug-likeness (QED) is 0.178. The first-order valence-corrected chi connectivity index (χ1v) is 12.8. The maximum Gasteiger partial charge on any atom is 0.282 e. The van der Waals surface area contributed by atoms with Crippen LogP contribution in [-0.4, -0.2) is 27.0 Å². The summed E-state index contributed by atoms with van der Waals surface area (Å²) in [6.45, 7) is 6.95. The number of rotatable bonds is 9. The number of benzene rings is 2. The highest BCUT2D eigenvalue weighted by Crippen LogP contribution is 2.26. The number of H-pyrrole nitrogens is 1. The van der Waals surface area contributed by atoms with Crippen LogP contribution >= 0.6 is 23.1 Å². The molecule has 2 aromatic carbocycles. The number of thioether (sulfide) groups is 1. The molecule has 4 aromatic rings. The number of aromatic nitrogens is 3. The summed E-state index contributed by atoms with van der Waals surface area (Å²) in [4.78, 5) is 24.0. The molecule has 0 saturated heterocycles. The lowest BCUT2D eigenvalue weighted by Crippen LogP contribution is -2.19. The Kier molecular flexibility index (Phi) is 7.27. The van der Waals surface area contributed by atoms with Crippen molar-refractivity contribution in [2.24, 2.45) is 4.99 Å². The monoisotopic (exact) mass is 464 g/mol. The van der Waals surface area contributed by atoms with E-state index in [-0.39, 0.29) is 5.56 Å². The predicted molar refractivity (Wildman–Crippen MR) is 137 cm³/mol. The minimum Gasteiger partial charge on any atom is -0.291 e. The smallest absolute Gasteiger partial charge is 0.282 e. The molecule has 0 aliphatic carbocycles. The predicted octanol–water partition coefficient (Wildman–Crippen LogP) is 6.38. The molecule has 2 heterocycles. The molecular weight excluding hydrogens is 436 g/mol. The number of nitrogens with one attached hydrogen (secondary N) is 1. The Labute approximate surface area is 196 Å². The van der Waals surface area contributed by atoms with E-state index in [4.69, 9.17) is 4.99 Å². The molecule has 0 aliphatic heterocycles. The van der Waals surface area contributed by atoms with Crippen LogP contribution in [0.15, 0.2) is 63.2 Å². The molecule has 5 nitrogen and oxygen atoms in total. The fraction of sp³-hybridized carbons (Fsp3) is 0.320. The number of nitrogens with zero attached hydrogens (tertiary/aromatic N) is 3. The van der Waals surface area contributed by atoms with Crippen molar-refractivity contribution >= 4 is 39.0 Å². The normalized spacial score (nSPS) is 12.0. The molecule has 0 saturated carbocycles. The second-order valence-electron chi connectivity index (χ2n) is 7.85. The van der Waals surface area contributed by atoms with Crippen LogP contribution in [0.4, 0.5) is 0 Å². The average molecular weight is 465 g/mol. The Hall–Kier alpha value is -2.64. The van der Waals surface area contributed by atoms with Gasteiger partial charge in [0.05, 0.1) is 21.5 Å². The van der Waals surface area contributed by atoms with Gasteiger partial charge < -0.3 is 0 Å². The summed E-state index contributed by atoms with van der Waals surface area (Å²) in [5.74, 6) is 0.660. The first-order valence-electron chi connectivity index (χ1n) is 11.0. The number of unbranched alkanes of at least 4 members (excludes halogenated alkanes) is 2. The van der Waals surface area contributed by atoms with Gasteiger partial charge in [0, 0.05) is 22.9 Å². The molecule has 0 fully saturated rings. The van der Waals surface area contributed by atoms with Crippen molar-refractivity contribution in [1.82, 2.24) is 14.8 Å². The first kappa shape index (κ1) is 22.6. The van der Waals surface area contributed by atoms with Crippen LogP contribution < -0.4 is 5.56 Å². The van der Waals surface area contributed by atoms with Crippen molar-refractivity contribution in [1.29, 1.82) is 0 Å². The van der Waals surface area contributed by atoms with Crippen LogP contribution in [0.3, 0.4) is 0 Å². The Balaban J connectivity index is 1.69. The second kappa shape index (κ2) is 10.3. The van der Waals surface area contributed by atoms with Gasteiger partial charge in [0.25, 0.3) is 5.56 Å². The van der Waals surface area contributed by atoms with E-state index in [1.54, 1.807) is 16.4 Å². The van der Waals surface area contributed by atoms with Gasteiger partial charge in [0.15, 0.2) is 0 Å². The van der Waals surface area contributed by atoms with Gasteiger partial charge in [-0.25, -0.2) is 4.98 Å². The van der Waals surface area contributed by atoms with Gasteiger partial charge in [-0.2, -0.15) is 4.68 Å². The van der Waals surface area contributed by atoms with E-state index in [0.717, 1.165) is 47.4 Å². The molecule has 0 bridgehead atoms. The number of hydrogen-bond acceptors (Lipinski definition) is 5. The van der Waals surface area contributed by atoms with E-state index in [0.29, 0.717) is 16.4 Å². The molecule has 7 heteroatoms. The van der Waals surface area contributed by atoms with Gasteiger partial charge in [-0.3, -0.25) is 14.9 Å². The van der Waals surface area contributed by atoms with Crippen molar-refractivity contribution in [2.45, 2.75) is 50.7 Å². The van der Waals surface area contributed by atoms with Gasteiger partial charge >= 0.3 is 0 Å². The van der Waals surface area contributed by atoms with Gasteiger partial charge in [-0.05, 0) is 44.5 Å². The molecule has 166 valence electrons. The van der Waals surface area contributed by atoms with Gasteiger partial charge in [0.1, 0.15) is 0 Å². The Morgan fingerprint density at radius 3 is 2.69 bits per heavy atom. The van der Waals surface area contributed by atoms with Gasteiger partial charge in [-0.1, -0.05) is 60.9 Å². The highest BCUT2D eigenvalue weighted by Gasteiger charge is 2.20. The van der Waals surface area contributed by atoms with E-state index in [2.05, 4.69) is 48.2 Å². The largest absolute Gasteiger partial charge is 0.291 e. The number of para-hydroxylation sites is 1. The molecule has 2 aromatic heterocycles. The summed E-state index contributed by atoms with van der Waals surface area (Å²) in [6, 6.07) is 16.4. The number of aliphatic imine (C=N–C) groups is 1. The molecule has 0 atom stereocenters. The van der Waals surface area contributed by atoms with Crippen LogP contribution in [-0.2, 0) is 5.75 Å². The zero-order valence-corrected chi connectivity index (χ0v) is 20.4. The fourth-order valence-corrected chi connectivity index (χ4v) is 5.30. The van der Waals surface area contributed by atoms with Crippen LogP contribution in [0, 0.1) is 6.92 Å². The molecule has 0 unspecified atom stereocenters. The number of fused-ring (bicyclic) bond motifs is 1.